The minimum Gasteiger partial charge on any atom is -0.332 e. The van der Waals surface area contributed by atoms with Crippen LogP contribution in [0.2, 0.25) is 0 Å². The number of fused-ring (bicyclic) bond motifs is 2. The van der Waals surface area contributed by atoms with Gasteiger partial charge >= 0.3 is 0 Å². The molecule has 0 saturated carbocycles. The Labute approximate surface area is 303 Å². The summed E-state index contributed by atoms with van der Waals surface area (Å²) in [5.74, 6) is 0.911. The van der Waals surface area contributed by atoms with E-state index in [1.807, 2.05) is 42.5 Å². The van der Waals surface area contributed by atoms with Crippen molar-refractivity contribution in [2.24, 2.45) is 0 Å². The summed E-state index contributed by atoms with van der Waals surface area (Å²) in [6.07, 6.45) is 1.79. The van der Waals surface area contributed by atoms with E-state index in [0.717, 1.165) is 39.4 Å². The smallest absolute Gasteiger partial charge is 0.0774 e. The van der Waals surface area contributed by atoms with E-state index in [1.165, 1.54) is 32.3 Å². The number of para-hydroxylation sites is 3. The molecule has 9 rings (SSSR count). The van der Waals surface area contributed by atoms with E-state index >= 15 is 0 Å². The van der Waals surface area contributed by atoms with Gasteiger partial charge < -0.3 is 9.55 Å². The maximum Gasteiger partial charge on any atom is 0.0774 e. The maximum absolute atomic E-state index is 5.19. The molecular formula is C44H29IrN3S-2. The Kier molecular flexibility index (Phi) is 9.67. The molecule has 0 fully saturated rings. The Morgan fingerprint density at radius 2 is 1.22 bits per heavy atom. The molecule has 3 nitrogen and oxygen atoms in total. The van der Waals surface area contributed by atoms with Gasteiger partial charge in [0, 0.05) is 37.4 Å². The van der Waals surface area contributed by atoms with Gasteiger partial charge in [0.25, 0.3) is 0 Å². The van der Waals surface area contributed by atoms with Crippen molar-refractivity contribution in [3.8, 4) is 50.6 Å². The number of rotatable bonds is 5. The van der Waals surface area contributed by atoms with Crippen molar-refractivity contribution in [1.29, 1.82) is 0 Å². The average molecular weight is 824 g/mol. The Morgan fingerprint density at radius 3 is 1.92 bits per heavy atom. The van der Waals surface area contributed by atoms with Gasteiger partial charge in [0.05, 0.1) is 22.5 Å². The van der Waals surface area contributed by atoms with Crippen molar-refractivity contribution in [2.45, 2.75) is 0 Å². The van der Waals surface area contributed by atoms with Crippen LogP contribution < -0.4 is 0 Å². The predicted molar refractivity (Wildman–Crippen MR) is 200 cm³/mol. The number of aromatic nitrogens is 3. The van der Waals surface area contributed by atoms with Gasteiger partial charge in [-0.3, -0.25) is 16.3 Å². The maximum atomic E-state index is 5.19. The molecule has 0 N–H and O–H groups in total. The van der Waals surface area contributed by atoms with Gasteiger partial charge in [-0.25, -0.2) is 0 Å². The summed E-state index contributed by atoms with van der Waals surface area (Å²) in [5, 5.41) is 4.76. The molecule has 1 radical (unpaired) electrons. The SMILES string of the molecule is [Ir].[c-]1ccccc1-c1ccccn1.[c-]1sc2ccccc2c1-c1nc2ccccc2n1-c1c(-c2ccccc2)cccc1-c1ccccc1. The molecular weight excluding hydrogens is 795 g/mol. The molecule has 0 unspecified atom stereocenters. The minimum absolute atomic E-state index is 0. The van der Waals surface area contributed by atoms with Crippen LogP contribution in [0.15, 0.2) is 176 Å². The van der Waals surface area contributed by atoms with Crippen LogP contribution in [0.1, 0.15) is 0 Å². The number of thiophene rings is 1. The van der Waals surface area contributed by atoms with Gasteiger partial charge in [-0.2, -0.15) is 0 Å². The van der Waals surface area contributed by atoms with Gasteiger partial charge in [-0.15, -0.1) is 47.3 Å². The van der Waals surface area contributed by atoms with E-state index < -0.39 is 0 Å². The van der Waals surface area contributed by atoms with Crippen LogP contribution >= 0.6 is 11.3 Å². The molecule has 49 heavy (non-hydrogen) atoms. The van der Waals surface area contributed by atoms with Gasteiger partial charge in [0.15, 0.2) is 0 Å². The van der Waals surface area contributed by atoms with Crippen LogP contribution in [0.5, 0.6) is 0 Å². The molecule has 0 atom stereocenters. The molecule has 0 spiro atoms. The molecule has 0 aliphatic carbocycles. The third-order valence-electron chi connectivity index (χ3n) is 8.28. The van der Waals surface area contributed by atoms with Crippen molar-refractivity contribution in [2.75, 3.05) is 0 Å². The summed E-state index contributed by atoms with van der Waals surface area (Å²) in [7, 11) is 0. The fraction of sp³-hybridized carbons (Fsp3) is 0. The Bertz CT molecular complexity index is 2340. The zero-order valence-electron chi connectivity index (χ0n) is 26.3. The summed E-state index contributed by atoms with van der Waals surface area (Å²) < 4.78 is 3.55. The van der Waals surface area contributed by atoms with E-state index in [9.17, 15) is 0 Å². The van der Waals surface area contributed by atoms with Crippen molar-refractivity contribution in [1.82, 2.24) is 14.5 Å². The van der Waals surface area contributed by atoms with Crippen molar-refractivity contribution < 1.29 is 20.1 Å². The van der Waals surface area contributed by atoms with E-state index in [-0.39, 0.29) is 20.1 Å². The molecule has 5 heteroatoms. The van der Waals surface area contributed by atoms with Crippen LogP contribution in [0.4, 0.5) is 0 Å². The van der Waals surface area contributed by atoms with E-state index in [2.05, 4.69) is 148 Å². The first-order chi connectivity index (χ1) is 23.8. The molecule has 0 saturated heterocycles. The molecule has 0 aliphatic heterocycles. The number of benzene rings is 6. The first-order valence-electron chi connectivity index (χ1n) is 15.8. The monoisotopic (exact) mass is 824 g/mol. The molecule has 6 aromatic carbocycles. The molecule has 0 aliphatic rings. The molecule has 3 aromatic heterocycles. The summed E-state index contributed by atoms with van der Waals surface area (Å²) in [6, 6.07) is 61.5. The third kappa shape index (κ3) is 6.52. The normalized spacial score (nSPS) is 10.7. The molecule has 0 bridgehead atoms. The van der Waals surface area contributed by atoms with Gasteiger partial charge in [0.2, 0.25) is 0 Å². The molecule has 237 valence electrons. The van der Waals surface area contributed by atoms with Gasteiger partial charge in [-0.1, -0.05) is 137 Å². The molecule has 0 amide bonds. The number of pyridine rings is 1. The van der Waals surface area contributed by atoms with Crippen molar-refractivity contribution in [3.05, 3.63) is 188 Å². The first-order valence-corrected chi connectivity index (χ1v) is 16.7. The van der Waals surface area contributed by atoms with Crippen LogP contribution in [-0.4, -0.2) is 14.5 Å². The number of nitrogens with zero attached hydrogens (tertiary/aromatic N) is 3. The molecule has 9 aromatic rings. The van der Waals surface area contributed by atoms with Gasteiger partial charge in [0.1, 0.15) is 0 Å². The third-order valence-corrected chi connectivity index (χ3v) is 9.17. The van der Waals surface area contributed by atoms with E-state index in [0.29, 0.717) is 0 Å². The van der Waals surface area contributed by atoms with Crippen LogP contribution in [-0.2, 0) is 20.1 Å². The Morgan fingerprint density at radius 1 is 0.571 bits per heavy atom. The first kappa shape index (κ1) is 32.1. The Hall–Kier alpha value is -5.45. The van der Waals surface area contributed by atoms with E-state index in [4.69, 9.17) is 4.98 Å². The second-order valence-electron chi connectivity index (χ2n) is 11.3. The van der Waals surface area contributed by atoms with Crippen LogP contribution in [0, 0.1) is 11.4 Å². The average Bonchev–Trinajstić information content (AvgIpc) is 3.78. The quantitative estimate of drug-likeness (QED) is 0.162. The number of imidazole rings is 1. The summed E-state index contributed by atoms with van der Waals surface area (Å²) in [6.45, 7) is 0. The topological polar surface area (TPSA) is 30.7 Å². The minimum atomic E-state index is 0. The van der Waals surface area contributed by atoms with Crippen LogP contribution in [0.3, 0.4) is 0 Å². The Balaban J connectivity index is 0.000000246. The second-order valence-corrected chi connectivity index (χ2v) is 12.1. The summed E-state index contributed by atoms with van der Waals surface area (Å²) in [5.41, 5.74) is 10.9. The number of hydrogen-bond donors (Lipinski definition) is 0. The summed E-state index contributed by atoms with van der Waals surface area (Å²) in [4.78, 5) is 9.41. The second kappa shape index (κ2) is 14.8. The van der Waals surface area contributed by atoms with E-state index in [1.54, 1.807) is 17.5 Å². The largest absolute Gasteiger partial charge is 0.332 e. The van der Waals surface area contributed by atoms with Gasteiger partial charge in [-0.05, 0) is 35.0 Å². The zero-order chi connectivity index (χ0) is 32.1. The van der Waals surface area contributed by atoms with Crippen molar-refractivity contribution >= 4 is 32.5 Å². The summed E-state index contributed by atoms with van der Waals surface area (Å²) >= 11 is 1.65. The standard InChI is InChI=1S/C33H21N2S.C11H8N.Ir/c1-3-12-23(13-4-1)25-17-11-18-26(24-14-5-2-6-15-24)32(25)35-30-20-9-8-19-29(30)34-33(35)28-22-36-31-21-10-7-16-27(28)31;1-2-6-10(7-3-1)11-8-4-5-9-12-11;/h1-21H;1-6,8-9H;/q2*-1;. The molecule has 3 heterocycles. The fourth-order valence-electron chi connectivity index (χ4n) is 6.07. The zero-order valence-corrected chi connectivity index (χ0v) is 29.5. The fourth-order valence-corrected chi connectivity index (χ4v) is 6.91. The predicted octanol–water partition coefficient (Wildman–Crippen LogP) is 11.6. The van der Waals surface area contributed by atoms with Crippen molar-refractivity contribution in [3.63, 3.8) is 0 Å². The number of hydrogen-bond acceptors (Lipinski definition) is 3. The van der Waals surface area contributed by atoms with Crippen LogP contribution in [0.25, 0.3) is 71.7 Å².